The van der Waals surface area contributed by atoms with E-state index in [-0.39, 0.29) is 29.8 Å². The van der Waals surface area contributed by atoms with Gasteiger partial charge < -0.3 is 14.7 Å². The first-order valence-corrected chi connectivity index (χ1v) is 10.3. The summed E-state index contributed by atoms with van der Waals surface area (Å²) in [6.45, 7) is 4.68. The molecule has 8 nitrogen and oxygen atoms in total. The van der Waals surface area contributed by atoms with Gasteiger partial charge in [-0.05, 0) is 38.0 Å². The molecule has 2 rings (SSSR count). The molecule has 0 bridgehead atoms. The smallest absolute Gasteiger partial charge is 0.323 e. The number of benzene rings is 1. The highest BCUT2D eigenvalue weighted by Crippen LogP contribution is 2.18. The molecule has 1 N–H and O–H groups in total. The van der Waals surface area contributed by atoms with Crippen LogP contribution in [0.2, 0.25) is 0 Å². The Balaban J connectivity index is 1.99. The minimum absolute atomic E-state index is 0.168. The van der Waals surface area contributed by atoms with Crippen molar-refractivity contribution >= 4 is 21.9 Å². The zero-order valence-corrected chi connectivity index (χ0v) is 16.4. The number of hydrogen-bond acceptors (Lipinski definition) is 5. The van der Waals surface area contributed by atoms with Crippen molar-refractivity contribution in [1.82, 2.24) is 9.21 Å². The lowest BCUT2D eigenvalue weighted by molar-refractivity contribution is -0.145. The Morgan fingerprint density at radius 2 is 1.78 bits per heavy atom. The summed E-state index contributed by atoms with van der Waals surface area (Å²) in [6, 6.07) is 6.27. The van der Waals surface area contributed by atoms with Crippen LogP contribution in [0, 0.1) is 0 Å². The molecule has 1 amide bonds. The van der Waals surface area contributed by atoms with Crippen molar-refractivity contribution in [3.63, 3.8) is 0 Å². The van der Waals surface area contributed by atoms with Gasteiger partial charge in [-0.1, -0.05) is 12.1 Å². The van der Waals surface area contributed by atoms with Gasteiger partial charge in [0.05, 0.1) is 18.1 Å². The van der Waals surface area contributed by atoms with Crippen molar-refractivity contribution in [3.05, 3.63) is 29.8 Å². The van der Waals surface area contributed by atoms with Crippen LogP contribution in [0.3, 0.4) is 0 Å². The van der Waals surface area contributed by atoms with Gasteiger partial charge in [-0.25, -0.2) is 8.42 Å². The van der Waals surface area contributed by atoms with E-state index in [0.717, 1.165) is 5.56 Å². The molecule has 150 valence electrons. The lowest BCUT2D eigenvalue weighted by Crippen LogP contribution is -2.40. The molecule has 0 atom stereocenters. The van der Waals surface area contributed by atoms with Gasteiger partial charge in [0.2, 0.25) is 15.9 Å². The Labute approximate surface area is 159 Å². The lowest BCUT2D eigenvalue weighted by atomic mass is 10.1. The molecule has 1 fully saturated rings. The van der Waals surface area contributed by atoms with Crippen molar-refractivity contribution in [2.75, 3.05) is 32.8 Å². The van der Waals surface area contributed by atoms with Crippen molar-refractivity contribution in [1.29, 1.82) is 0 Å². The zero-order valence-electron chi connectivity index (χ0n) is 15.6. The average molecular weight is 398 g/mol. The Morgan fingerprint density at radius 1 is 1.19 bits per heavy atom. The topological polar surface area (TPSA) is 104 Å². The van der Waals surface area contributed by atoms with Crippen LogP contribution >= 0.6 is 0 Å². The molecule has 1 aliphatic rings. The number of carboxylic acids is 1. The normalized spacial score (nSPS) is 15.7. The molecule has 0 aliphatic carbocycles. The van der Waals surface area contributed by atoms with E-state index in [2.05, 4.69) is 0 Å². The Bertz CT molecular complexity index is 755. The summed E-state index contributed by atoms with van der Waals surface area (Å²) in [5, 5.41) is 8.92. The number of morpholine rings is 1. The number of aryl methyl sites for hydroxylation is 1. The fraction of sp³-hybridized carbons (Fsp3) is 0.556. The Morgan fingerprint density at radius 3 is 2.30 bits per heavy atom. The fourth-order valence-corrected chi connectivity index (χ4v) is 4.27. The largest absolute Gasteiger partial charge is 0.480 e. The molecule has 0 radical (unpaired) electrons. The van der Waals surface area contributed by atoms with Gasteiger partial charge in [-0.15, -0.1) is 0 Å². The molecule has 1 aliphatic heterocycles. The van der Waals surface area contributed by atoms with Gasteiger partial charge in [-0.3, -0.25) is 9.59 Å². The highest BCUT2D eigenvalue weighted by atomic mass is 32.2. The maximum Gasteiger partial charge on any atom is 0.323 e. The summed E-state index contributed by atoms with van der Waals surface area (Å²) in [4.78, 5) is 24.7. The second kappa shape index (κ2) is 9.29. The van der Waals surface area contributed by atoms with Gasteiger partial charge >= 0.3 is 5.97 Å². The Kier molecular flexibility index (Phi) is 7.34. The number of rotatable bonds is 8. The molecule has 1 heterocycles. The number of sulfonamides is 1. The van der Waals surface area contributed by atoms with Gasteiger partial charge in [0, 0.05) is 25.6 Å². The highest BCUT2D eigenvalue weighted by molar-refractivity contribution is 7.89. The minimum Gasteiger partial charge on any atom is -0.480 e. The van der Waals surface area contributed by atoms with Crippen molar-refractivity contribution in [3.8, 4) is 0 Å². The predicted molar refractivity (Wildman–Crippen MR) is 98.8 cm³/mol. The quantitative estimate of drug-likeness (QED) is 0.699. The van der Waals surface area contributed by atoms with Gasteiger partial charge in [0.1, 0.15) is 6.54 Å². The number of aliphatic carboxylic acids is 1. The molecule has 1 saturated heterocycles. The van der Waals surface area contributed by atoms with Crippen LogP contribution in [0.5, 0.6) is 0 Å². The molecule has 1 aromatic carbocycles. The first kappa shape index (κ1) is 21.3. The van der Waals surface area contributed by atoms with Gasteiger partial charge in [0.25, 0.3) is 0 Å². The molecule has 27 heavy (non-hydrogen) atoms. The first-order valence-electron chi connectivity index (χ1n) is 8.90. The van der Waals surface area contributed by atoms with E-state index in [9.17, 15) is 18.0 Å². The standard InChI is InChI=1S/C18H26N2O6S/c1-14(2)20(13-18(22)23)17(21)8-5-15-3-6-16(7-4-15)27(24,25)19-9-11-26-12-10-19/h3-4,6-7,14H,5,8-13H2,1-2H3,(H,22,23). The fourth-order valence-electron chi connectivity index (χ4n) is 2.86. The summed E-state index contributed by atoms with van der Waals surface area (Å²) in [5.74, 6) is -1.29. The van der Waals surface area contributed by atoms with Crippen LogP contribution in [0.1, 0.15) is 25.8 Å². The second-order valence-corrected chi connectivity index (χ2v) is 8.61. The number of carboxylic acid groups (broad SMARTS) is 1. The second-order valence-electron chi connectivity index (χ2n) is 6.67. The number of nitrogens with zero attached hydrogens (tertiary/aromatic N) is 2. The number of hydrogen-bond donors (Lipinski definition) is 1. The van der Waals surface area contributed by atoms with Crippen LogP contribution in [-0.4, -0.2) is 73.5 Å². The molecular formula is C18H26N2O6S. The van der Waals surface area contributed by atoms with Crippen molar-refractivity contribution in [2.45, 2.75) is 37.6 Å². The molecule has 9 heteroatoms. The summed E-state index contributed by atoms with van der Waals surface area (Å²) in [6.07, 6.45) is 0.584. The van der Waals surface area contributed by atoms with E-state index in [1.807, 2.05) is 0 Å². The third-order valence-corrected chi connectivity index (χ3v) is 6.32. The molecule has 0 unspecified atom stereocenters. The SMILES string of the molecule is CC(C)N(CC(=O)O)C(=O)CCc1ccc(S(=O)(=O)N2CCOCC2)cc1. The lowest BCUT2D eigenvalue weighted by Gasteiger charge is -2.26. The van der Waals surface area contributed by atoms with E-state index in [1.54, 1.807) is 38.1 Å². The minimum atomic E-state index is -3.54. The van der Waals surface area contributed by atoms with E-state index in [4.69, 9.17) is 9.84 Å². The number of carbonyl (C=O) groups excluding carboxylic acids is 1. The molecule has 0 aromatic heterocycles. The zero-order chi connectivity index (χ0) is 20.0. The average Bonchev–Trinajstić information content (AvgIpc) is 2.65. The summed E-state index contributed by atoms with van der Waals surface area (Å²) in [5.41, 5.74) is 0.823. The Hall–Kier alpha value is -1.97. The van der Waals surface area contributed by atoms with Crippen LogP contribution in [-0.2, 0) is 30.8 Å². The summed E-state index contributed by atoms with van der Waals surface area (Å²) >= 11 is 0. The third-order valence-electron chi connectivity index (χ3n) is 4.41. The maximum absolute atomic E-state index is 12.6. The van der Waals surface area contributed by atoms with E-state index < -0.39 is 16.0 Å². The van der Waals surface area contributed by atoms with Crippen molar-refractivity contribution in [2.24, 2.45) is 0 Å². The maximum atomic E-state index is 12.6. The third kappa shape index (κ3) is 5.75. The highest BCUT2D eigenvalue weighted by Gasteiger charge is 2.26. The monoisotopic (exact) mass is 398 g/mol. The van der Waals surface area contributed by atoms with Crippen molar-refractivity contribution < 1.29 is 27.9 Å². The molecule has 0 spiro atoms. The van der Waals surface area contributed by atoms with Gasteiger partial charge in [-0.2, -0.15) is 4.31 Å². The predicted octanol–water partition coefficient (Wildman–Crippen LogP) is 0.962. The molecule has 1 aromatic rings. The summed E-state index contributed by atoms with van der Waals surface area (Å²) < 4.78 is 31.8. The molecule has 0 saturated carbocycles. The van der Waals surface area contributed by atoms with Crippen LogP contribution in [0.25, 0.3) is 0 Å². The number of carbonyl (C=O) groups is 2. The summed E-state index contributed by atoms with van der Waals surface area (Å²) in [7, 11) is -3.54. The first-order chi connectivity index (χ1) is 12.7. The van der Waals surface area contributed by atoms with E-state index in [0.29, 0.717) is 32.7 Å². The van der Waals surface area contributed by atoms with Crippen LogP contribution in [0.15, 0.2) is 29.2 Å². The van der Waals surface area contributed by atoms with E-state index in [1.165, 1.54) is 9.21 Å². The van der Waals surface area contributed by atoms with Gasteiger partial charge in [0.15, 0.2) is 0 Å². The number of amides is 1. The van der Waals surface area contributed by atoms with Crippen LogP contribution < -0.4 is 0 Å². The number of ether oxygens (including phenoxy) is 1. The van der Waals surface area contributed by atoms with Crippen LogP contribution in [0.4, 0.5) is 0 Å². The molecular weight excluding hydrogens is 372 g/mol. The van der Waals surface area contributed by atoms with E-state index >= 15 is 0 Å².